The lowest BCUT2D eigenvalue weighted by atomic mass is 9.78. The summed E-state index contributed by atoms with van der Waals surface area (Å²) in [5.41, 5.74) is 8.11. The number of hydrogen-bond donors (Lipinski definition) is 1. The highest BCUT2D eigenvalue weighted by atomic mass is 16.5. The second-order valence-electron chi connectivity index (χ2n) is 6.57. The smallest absolute Gasteiger partial charge is 0.119 e. The fourth-order valence-electron chi connectivity index (χ4n) is 2.99. The van der Waals surface area contributed by atoms with E-state index in [9.17, 15) is 0 Å². The van der Waals surface area contributed by atoms with Crippen LogP contribution in [-0.2, 0) is 0 Å². The summed E-state index contributed by atoms with van der Waals surface area (Å²) < 4.78 is 5.47. The molecule has 0 radical (unpaired) electrons. The van der Waals surface area contributed by atoms with Gasteiger partial charge in [0, 0.05) is 12.6 Å². The Bertz CT molecular complexity index is 421. The molecule has 1 aliphatic rings. The Balaban J connectivity index is 1.85. The highest BCUT2D eigenvalue weighted by molar-refractivity contribution is 5.29. The lowest BCUT2D eigenvalue weighted by Gasteiger charge is -2.39. The second kappa shape index (κ2) is 7.28. The molecule has 2 N–H and O–H groups in total. The number of benzene rings is 1. The van der Waals surface area contributed by atoms with Crippen LogP contribution in [0.25, 0.3) is 0 Å². The summed E-state index contributed by atoms with van der Waals surface area (Å²) in [6, 6.07) is 8.31. The molecule has 1 heterocycles. The van der Waals surface area contributed by atoms with Crippen molar-refractivity contribution in [3.8, 4) is 5.75 Å². The molecular weight excluding hydrogens is 260 g/mol. The Morgan fingerprint density at radius 2 is 1.81 bits per heavy atom. The minimum atomic E-state index is 0.0895. The van der Waals surface area contributed by atoms with Gasteiger partial charge in [-0.2, -0.15) is 0 Å². The Kier molecular flexibility index (Phi) is 5.65. The molecule has 0 spiro atoms. The predicted molar refractivity (Wildman–Crippen MR) is 88.6 cm³/mol. The van der Waals surface area contributed by atoms with E-state index in [4.69, 9.17) is 10.5 Å². The van der Waals surface area contributed by atoms with Gasteiger partial charge in [-0.15, -0.1) is 0 Å². The predicted octanol–water partition coefficient (Wildman–Crippen LogP) is 3.60. The van der Waals surface area contributed by atoms with Gasteiger partial charge in [-0.25, -0.2) is 0 Å². The molecule has 3 nitrogen and oxygen atoms in total. The van der Waals surface area contributed by atoms with Gasteiger partial charge in [0.2, 0.25) is 0 Å². The lowest BCUT2D eigenvalue weighted by molar-refractivity contribution is 0.110. The lowest BCUT2D eigenvalue weighted by Crippen LogP contribution is -2.41. The summed E-state index contributed by atoms with van der Waals surface area (Å²) in [6.45, 7) is 10.7. The minimum Gasteiger partial charge on any atom is -0.494 e. The minimum absolute atomic E-state index is 0.0895. The molecule has 0 amide bonds. The summed E-state index contributed by atoms with van der Waals surface area (Å²) in [5, 5.41) is 0. The first-order chi connectivity index (χ1) is 10.1. The van der Waals surface area contributed by atoms with Gasteiger partial charge in [0.1, 0.15) is 5.75 Å². The van der Waals surface area contributed by atoms with Gasteiger partial charge in [-0.3, -0.25) is 0 Å². The Labute approximate surface area is 129 Å². The number of ether oxygens (including phenoxy) is 1. The molecule has 1 aromatic carbocycles. The van der Waals surface area contributed by atoms with Gasteiger partial charge in [0.15, 0.2) is 0 Å². The van der Waals surface area contributed by atoms with E-state index in [1.54, 1.807) is 0 Å². The van der Waals surface area contributed by atoms with Crippen molar-refractivity contribution in [3.05, 3.63) is 29.8 Å². The van der Waals surface area contributed by atoms with E-state index in [1.165, 1.54) is 37.9 Å². The van der Waals surface area contributed by atoms with E-state index in [0.717, 1.165) is 12.3 Å². The maximum Gasteiger partial charge on any atom is 0.119 e. The molecule has 1 unspecified atom stereocenters. The average molecular weight is 290 g/mol. The molecule has 1 fully saturated rings. The zero-order valence-corrected chi connectivity index (χ0v) is 13.8. The van der Waals surface area contributed by atoms with Crippen LogP contribution >= 0.6 is 0 Å². The van der Waals surface area contributed by atoms with Gasteiger partial charge < -0.3 is 15.4 Å². The molecular formula is C18H30N2O. The first-order valence-corrected chi connectivity index (χ1v) is 8.27. The Morgan fingerprint density at radius 3 is 2.33 bits per heavy atom. The van der Waals surface area contributed by atoms with Crippen LogP contribution < -0.4 is 10.5 Å². The molecule has 0 aromatic heterocycles. The van der Waals surface area contributed by atoms with Crippen LogP contribution in [-0.4, -0.2) is 31.1 Å². The zero-order valence-electron chi connectivity index (χ0n) is 13.8. The van der Waals surface area contributed by atoms with E-state index >= 15 is 0 Å². The van der Waals surface area contributed by atoms with Gasteiger partial charge in [-0.1, -0.05) is 32.4 Å². The summed E-state index contributed by atoms with van der Waals surface area (Å²) >= 11 is 0. The molecule has 1 aromatic rings. The third-order valence-electron chi connectivity index (χ3n) is 4.99. The van der Waals surface area contributed by atoms with E-state index < -0.39 is 0 Å². The van der Waals surface area contributed by atoms with Crippen LogP contribution in [0.5, 0.6) is 5.75 Å². The number of rotatable bonds is 6. The number of likely N-dealkylation sites (tertiary alicyclic amines) is 1. The Hall–Kier alpha value is -1.06. The molecule has 118 valence electrons. The van der Waals surface area contributed by atoms with Crippen molar-refractivity contribution >= 4 is 0 Å². The largest absolute Gasteiger partial charge is 0.494 e. The monoisotopic (exact) mass is 290 g/mol. The molecule has 3 heteroatoms. The summed E-state index contributed by atoms with van der Waals surface area (Å²) in [6.07, 6.45) is 3.87. The highest BCUT2D eigenvalue weighted by Crippen LogP contribution is 2.34. The zero-order chi connectivity index (χ0) is 15.3. The Morgan fingerprint density at radius 1 is 1.19 bits per heavy atom. The van der Waals surface area contributed by atoms with Crippen molar-refractivity contribution in [2.24, 2.45) is 11.1 Å². The third kappa shape index (κ3) is 4.45. The summed E-state index contributed by atoms with van der Waals surface area (Å²) in [7, 11) is 0. The van der Waals surface area contributed by atoms with Crippen molar-refractivity contribution in [1.82, 2.24) is 4.90 Å². The van der Waals surface area contributed by atoms with E-state index in [-0.39, 0.29) is 6.04 Å². The fourth-order valence-corrected chi connectivity index (χ4v) is 2.99. The van der Waals surface area contributed by atoms with Crippen molar-refractivity contribution < 1.29 is 4.74 Å². The summed E-state index contributed by atoms with van der Waals surface area (Å²) in [5.74, 6) is 0.921. The fraction of sp³-hybridized carbons (Fsp3) is 0.667. The molecule has 0 bridgehead atoms. The number of hydrogen-bond acceptors (Lipinski definition) is 3. The van der Waals surface area contributed by atoms with Crippen molar-refractivity contribution in [1.29, 1.82) is 0 Å². The third-order valence-corrected chi connectivity index (χ3v) is 4.99. The molecule has 21 heavy (non-hydrogen) atoms. The van der Waals surface area contributed by atoms with Gasteiger partial charge >= 0.3 is 0 Å². The molecule has 1 saturated heterocycles. The van der Waals surface area contributed by atoms with E-state index in [0.29, 0.717) is 12.0 Å². The van der Waals surface area contributed by atoms with Crippen LogP contribution in [0.2, 0.25) is 0 Å². The molecule has 1 aliphatic heterocycles. The van der Waals surface area contributed by atoms with Crippen LogP contribution in [0.4, 0.5) is 0 Å². The van der Waals surface area contributed by atoms with Crippen molar-refractivity contribution in [2.45, 2.75) is 46.1 Å². The van der Waals surface area contributed by atoms with E-state index in [2.05, 4.69) is 30.9 Å². The normalized spacial score (nSPS) is 20.2. The van der Waals surface area contributed by atoms with Crippen LogP contribution in [0.3, 0.4) is 0 Å². The van der Waals surface area contributed by atoms with Crippen LogP contribution in [0.1, 0.15) is 51.6 Å². The summed E-state index contributed by atoms with van der Waals surface area (Å²) in [4.78, 5) is 2.51. The standard InChI is InChI=1S/C18H30N2O/c1-4-18(3)10-12-20(13-11-18)14-17(19)15-6-8-16(9-7-15)21-5-2/h6-9,17H,4-5,10-14,19H2,1-3H3. The molecule has 0 saturated carbocycles. The number of nitrogens with two attached hydrogens (primary N) is 1. The quantitative estimate of drug-likeness (QED) is 0.870. The van der Waals surface area contributed by atoms with Gasteiger partial charge in [0.25, 0.3) is 0 Å². The first-order valence-electron chi connectivity index (χ1n) is 8.27. The topological polar surface area (TPSA) is 38.5 Å². The molecule has 2 rings (SSSR count). The first kappa shape index (κ1) is 16.3. The maximum absolute atomic E-state index is 6.37. The average Bonchev–Trinajstić information content (AvgIpc) is 2.51. The molecule has 0 aliphatic carbocycles. The second-order valence-corrected chi connectivity index (χ2v) is 6.57. The van der Waals surface area contributed by atoms with Crippen molar-refractivity contribution in [2.75, 3.05) is 26.2 Å². The number of nitrogens with zero attached hydrogens (tertiary/aromatic N) is 1. The highest BCUT2D eigenvalue weighted by Gasteiger charge is 2.28. The SMILES string of the molecule is CCOc1ccc(C(N)CN2CCC(C)(CC)CC2)cc1. The maximum atomic E-state index is 6.37. The molecule has 1 atom stereocenters. The van der Waals surface area contributed by atoms with E-state index in [1.807, 2.05) is 19.1 Å². The van der Waals surface area contributed by atoms with Crippen LogP contribution in [0.15, 0.2) is 24.3 Å². The van der Waals surface area contributed by atoms with Gasteiger partial charge in [0.05, 0.1) is 6.61 Å². The van der Waals surface area contributed by atoms with Crippen LogP contribution in [0, 0.1) is 5.41 Å². The van der Waals surface area contributed by atoms with Crippen molar-refractivity contribution in [3.63, 3.8) is 0 Å². The van der Waals surface area contributed by atoms with Gasteiger partial charge in [-0.05, 0) is 56.0 Å². The number of piperidine rings is 1.